The van der Waals surface area contributed by atoms with Gasteiger partial charge in [0, 0.05) is 25.0 Å². The van der Waals surface area contributed by atoms with Gasteiger partial charge >= 0.3 is 0 Å². The van der Waals surface area contributed by atoms with Crippen LogP contribution in [-0.2, 0) is 17.9 Å². The summed E-state index contributed by atoms with van der Waals surface area (Å²) in [4.78, 5) is 14.5. The van der Waals surface area contributed by atoms with Gasteiger partial charge in [0.1, 0.15) is 0 Å². The first-order valence-electron chi connectivity index (χ1n) is 7.23. The number of hydrogen-bond donors (Lipinski definition) is 1. The number of halogens is 1. The minimum Gasteiger partial charge on any atom is -0.334 e. The second-order valence-electron chi connectivity index (χ2n) is 5.90. The summed E-state index contributed by atoms with van der Waals surface area (Å²) in [6.45, 7) is 1.33. The molecule has 2 aliphatic rings. The average Bonchev–Trinajstić information content (AvgIpc) is 2.90. The van der Waals surface area contributed by atoms with Crippen LogP contribution >= 0.6 is 24.0 Å². The summed E-state index contributed by atoms with van der Waals surface area (Å²) in [5.41, 5.74) is 8.85. The predicted molar refractivity (Wildman–Crippen MR) is 90.8 cm³/mol. The van der Waals surface area contributed by atoms with Gasteiger partial charge in [0.15, 0.2) is 0 Å². The third-order valence-electron chi connectivity index (χ3n) is 4.49. The molecule has 1 aromatic rings. The van der Waals surface area contributed by atoms with Crippen molar-refractivity contribution in [1.82, 2.24) is 4.90 Å². The molecule has 0 aromatic heterocycles. The lowest BCUT2D eigenvalue weighted by Crippen LogP contribution is -2.36. The number of carbonyl (C=O) groups excluding carboxylic acids is 1. The first-order chi connectivity index (χ1) is 9.67. The molecule has 0 bridgehead atoms. The van der Waals surface area contributed by atoms with Gasteiger partial charge < -0.3 is 10.6 Å². The van der Waals surface area contributed by atoms with Gasteiger partial charge in [-0.05, 0) is 48.9 Å². The van der Waals surface area contributed by atoms with Crippen molar-refractivity contribution in [3.05, 3.63) is 34.9 Å². The molecule has 5 heteroatoms. The third-order valence-corrected chi connectivity index (χ3v) is 4.49. The maximum Gasteiger partial charge on any atom is 0.226 e. The van der Waals surface area contributed by atoms with Gasteiger partial charge in [-0.15, -0.1) is 24.0 Å². The van der Waals surface area contributed by atoms with Crippen LogP contribution in [0.2, 0.25) is 0 Å². The number of carbonyl (C=O) groups is 1. The standard InChI is InChI=1S/C16H19N3O.HI/c17-8-11-1-2-13-9-19(10-14(13)7-11)16(20)12-3-5-15(18)6-4-12;/h1-2,7,12,15H,3-6,9-10,18H2;1H. The van der Waals surface area contributed by atoms with Crippen molar-refractivity contribution in [2.24, 2.45) is 11.7 Å². The molecule has 0 radical (unpaired) electrons. The third kappa shape index (κ3) is 3.38. The second kappa shape index (κ2) is 6.75. The molecule has 1 aromatic carbocycles. The van der Waals surface area contributed by atoms with E-state index in [-0.39, 0.29) is 41.8 Å². The van der Waals surface area contributed by atoms with E-state index in [2.05, 4.69) is 6.07 Å². The van der Waals surface area contributed by atoms with E-state index >= 15 is 0 Å². The molecule has 112 valence electrons. The topological polar surface area (TPSA) is 70.1 Å². The van der Waals surface area contributed by atoms with Crippen LogP contribution in [0.15, 0.2) is 18.2 Å². The van der Waals surface area contributed by atoms with Crippen molar-refractivity contribution >= 4 is 29.9 Å². The highest BCUT2D eigenvalue weighted by molar-refractivity contribution is 14.0. The van der Waals surface area contributed by atoms with E-state index in [0.717, 1.165) is 31.2 Å². The highest BCUT2D eigenvalue weighted by Gasteiger charge is 2.31. The molecule has 1 heterocycles. The Labute approximate surface area is 142 Å². The van der Waals surface area contributed by atoms with Gasteiger partial charge in [-0.25, -0.2) is 0 Å². The molecule has 21 heavy (non-hydrogen) atoms. The van der Waals surface area contributed by atoms with Crippen LogP contribution in [0.3, 0.4) is 0 Å². The highest BCUT2D eigenvalue weighted by atomic mass is 127. The Bertz CT molecular complexity index is 573. The number of amides is 1. The second-order valence-corrected chi connectivity index (χ2v) is 5.90. The van der Waals surface area contributed by atoms with Crippen molar-refractivity contribution in [3.8, 4) is 6.07 Å². The molecular formula is C16H20IN3O. The number of nitriles is 1. The van der Waals surface area contributed by atoms with Crippen LogP contribution in [0, 0.1) is 17.2 Å². The summed E-state index contributed by atoms with van der Waals surface area (Å²) in [6, 6.07) is 8.12. The predicted octanol–water partition coefficient (Wildman–Crippen LogP) is 2.54. The molecular weight excluding hydrogens is 377 g/mol. The van der Waals surface area contributed by atoms with E-state index in [1.165, 1.54) is 5.56 Å². The zero-order valence-electron chi connectivity index (χ0n) is 11.9. The molecule has 1 amide bonds. The molecule has 1 aliphatic heterocycles. The normalized spacial score (nSPS) is 23.9. The lowest BCUT2D eigenvalue weighted by Gasteiger charge is -2.28. The Morgan fingerprint density at radius 2 is 1.86 bits per heavy atom. The highest BCUT2D eigenvalue weighted by Crippen LogP contribution is 2.30. The molecule has 0 unspecified atom stereocenters. The lowest BCUT2D eigenvalue weighted by molar-refractivity contribution is -0.137. The Balaban J connectivity index is 0.00000161. The number of benzene rings is 1. The van der Waals surface area contributed by atoms with Gasteiger partial charge in [-0.1, -0.05) is 6.07 Å². The molecule has 2 N–H and O–H groups in total. The molecule has 1 fully saturated rings. The van der Waals surface area contributed by atoms with Crippen LogP contribution in [0.5, 0.6) is 0 Å². The number of nitrogens with two attached hydrogens (primary N) is 1. The Hall–Kier alpha value is -1.13. The average molecular weight is 397 g/mol. The van der Waals surface area contributed by atoms with Crippen LogP contribution in [0.4, 0.5) is 0 Å². The summed E-state index contributed by atoms with van der Waals surface area (Å²) in [5.74, 6) is 0.395. The van der Waals surface area contributed by atoms with Crippen molar-refractivity contribution < 1.29 is 4.79 Å². The quantitative estimate of drug-likeness (QED) is 0.741. The number of rotatable bonds is 1. The maximum absolute atomic E-state index is 12.6. The fraction of sp³-hybridized carbons (Fsp3) is 0.500. The molecule has 1 saturated carbocycles. The smallest absolute Gasteiger partial charge is 0.226 e. The van der Waals surface area contributed by atoms with Crippen LogP contribution in [-0.4, -0.2) is 16.8 Å². The van der Waals surface area contributed by atoms with Crippen molar-refractivity contribution in [1.29, 1.82) is 5.26 Å². The summed E-state index contributed by atoms with van der Waals surface area (Å²) < 4.78 is 0. The van der Waals surface area contributed by atoms with E-state index in [1.54, 1.807) is 0 Å². The van der Waals surface area contributed by atoms with Gasteiger partial charge in [0.2, 0.25) is 5.91 Å². The molecule has 4 nitrogen and oxygen atoms in total. The Kier molecular flexibility index (Phi) is 5.22. The number of hydrogen-bond acceptors (Lipinski definition) is 3. The molecule has 0 spiro atoms. The Morgan fingerprint density at radius 1 is 1.19 bits per heavy atom. The van der Waals surface area contributed by atoms with Gasteiger partial charge in [-0.2, -0.15) is 5.26 Å². The van der Waals surface area contributed by atoms with Gasteiger partial charge in [-0.3, -0.25) is 4.79 Å². The van der Waals surface area contributed by atoms with Crippen LogP contribution in [0.1, 0.15) is 42.4 Å². The first kappa shape index (κ1) is 16.2. The summed E-state index contributed by atoms with van der Waals surface area (Å²) in [6.07, 6.45) is 3.73. The van der Waals surface area contributed by atoms with E-state index in [1.807, 2.05) is 23.1 Å². The van der Waals surface area contributed by atoms with Gasteiger partial charge in [0.25, 0.3) is 0 Å². The van der Waals surface area contributed by atoms with Crippen molar-refractivity contribution in [3.63, 3.8) is 0 Å². The fourth-order valence-corrected chi connectivity index (χ4v) is 3.24. The van der Waals surface area contributed by atoms with Crippen LogP contribution in [0.25, 0.3) is 0 Å². The first-order valence-corrected chi connectivity index (χ1v) is 7.23. The number of nitrogens with zero attached hydrogens (tertiary/aromatic N) is 2. The van der Waals surface area contributed by atoms with E-state index in [9.17, 15) is 4.79 Å². The monoisotopic (exact) mass is 397 g/mol. The molecule has 0 saturated heterocycles. The minimum atomic E-state index is 0. The molecule has 1 aliphatic carbocycles. The fourth-order valence-electron chi connectivity index (χ4n) is 3.24. The Morgan fingerprint density at radius 3 is 2.52 bits per heavy atom. The van der Waals surface area contributed by atoms with E-state index in [4.69, 9.17) is 11.0 Å². The van der Waals surface area contributed by atoms with Gasteiger partial charge in [0.05, 0.1) is 11.6 Å². The maximum atomic E-state index is 12.6. The minimum absolute atomic E-state index is 0. The summed E-state index contributed by atoms with van der Waals surface area (Å²) >= 11 is 0. The molecule has 3 rings (SSSR count). The zero-order valence-corrected chi connectivity index (χ0v) is 14.2. The summed E-state index contributed by atoms with van der Waals surface area (Å²) in [7, 11) is 0. The zero-order chi connectivity index (χ0) is 14.1. The van der Waals surface area contributed by atoms with E-state index in [0.29, 0.717) is 18.7 Å². The van der Waals surface area contributed by atoms with E-state index < -0.39 is 0 Å². The molecule has 0 atom stereocenters. The van der Waals surface area contributed by atoms with Crippen molar-refractivity contribution in [2.75, 3.05) is 0 Å². The van der Waals surface area contributed by atoms with Crippen LogP contribution < -0.4 is 5.73 Å². The SMILES string of the molecule is I.N#Cc1ccc2c(c1)CN(C(=O)C1CCC(N)CC1)C2. The lowest BCUT2D eigenvalue weighted by atomic mass is 9.85. The summed E-state index contributed by atoms with van der Waals surface area (Å²) in [5, 5.41) is 8.93. The van der Waals surface area contributed by atoms with Crippen molar-refractivity contribution in [2.45, 2.75) is 44.8 Å². The number of fused-ring (bicyclic) bond motifs is 1. The largest absolute Gasteiger partial charge is 0.334 e.